The monoisotopic (exact) mass is 422 g/mol. The molecular formula is C23H23FN4OS. The van der Waals surface area contributed by atoms with Crippen molar-refractivity contribution in [3.63, 3.8) is 0 Å². The number of benzene rings is 2. The first-order valence-corrected chi connectivity index (χ1v) is 10.5. The Morgan fingerprint density at radius 3 is 2.63 bits per heavy atom. The number of nitrogens with zero attached hydrogens (tertiary/aromatic N) is 3. The van der Waals surface area contributed by atoms with E-state index in [-0.39, 0.29) is 11.9 Å². The van der Waals surface area contributed by atoms with E-state index in [1.807, 2.05) is 44.4 Å². The van der Waals surface area contributed by atoms with Gasteiger partial charge in [-0.1, -0.05) is 24.3 Å². The quantitative estimate of drug-likeness (QED) is 0.442. The van der Waals surface area contributed by atoms with E-state index in [1.165, 1.54) is 6.07 Å². The molecule has 0 aliphatic rings. The summed E-state index contributed by atoms with van der Waals surface area (Å²) in [6, 6.07) is 14.7. The van der Waals surface area contributed by atoms with E-state index in [0.29, 0.717) is 6.54 Å². The van der Waals surface area contributed by atoms with Gasteiger partial charge in [-0.05, 0) is 49.5 Å². The van der Waals surface area contributed by atoms with Crippen LogP contribution in [0, 0.1) is 5.82 Å². The van der Waals surface area contributed by atoms with E-state index in [9.17, 15) is 4.39 Å². The normalized spacial score (nSPS) is 12.3. The van der Waals surface area contributed by atoms with Gasteiger partial charge in [0, 0.05) is 17.5 Å². The molecule has 5 nitrogen and oxygen atoms in total. The molecule has 2 aromatic carbocycles. The number of rotatable bonds is 7. The molecule has 30 heavy (non-hydrogen) atoms. The van der Waals surface area contributed by atoms with Gasteiger partial charge in [0.05, 0.1) is 18.5 Å². The van der Waals surface area contributed by atoms with E-state index in [0.717, 1.165) is 38.5 Å². The van der Waals surface area contributed by atoms with Crippen LogP contribution in [0.25, 0.3) is 21.3 Å². The summed E-state index contributed by atoms with van der Waals surface area (Å²) >= 11 is 1.59. The second-order valence-corrected chi connectivity index (χ2v) is 8.05. The lowest BCUT2D eigenvalue weighted by atomic mass is 10.0. The van der Waals surface area contributed by atoms with Crippen molar-refractivity contribution in [2.45, 2.75) is 6.04 Å². The molecule has 2 heterocycles. The van der Waals surface area contributed by atoms with Gasteiger partial charge in [-0.25, -0.2) is 14.4 Å². The Labute approximate surface area is 179 Å². The van der Waals surface area contributed by atoms with Crippen LogP contribution in [0.1, 0.15) is 11.6 Å². The van der Waals surface area contributed by atoms with Crippen molar-refractivity contribution in [1.82, 2.24) is 14.9 Å². The molecule has 4 rings (SSSR count). The number of hydrogen-bond donors (Lipinski definition) is 1. The lowest BCUT2D eigenvalue weighted by molar-refractivity contribution is 0.311. The molecule has 154 valence electrons. The van der Waals surface area contributed by atoms with Crippen molar-refractivity contribution in [3.8, 4) is 16.9 Å². The minimum absolute atomic E-state index is 0.00575. The second-order valence-electron chi connectivity index (χ2n) is 7.20. The summed E-state index contributed by atoms with van der Waals surface area (Å²) in [5, 5.41) is 6.56. The van der Waals surface area contributed by atoms with Gasteiger partial charge in [0.1, 0.15) is 28.5 Å². The van der Waals surface area contributed by atoms with Crippen LogP contribution in [0.15, 0.2) is 60.2 Å². The highest BCUT2D eigenvalue weighted by Crippen LogP contribution is 2.37. The average Bonchev–Trinajstić information content (AvgIpc) is 3.19. The average molecular weight is 423 g/mol. The summed E-state index contributed by atoms with van der Waals surface area (Å²) in [4.78, 5) is 11.9. The fourth-order valence-corrected chi connectivity index (χ4v) is 4.41. The highest BCUT2D eigenvalue weighted by atomic mass is 32.1. The Morgan fingerprint density at radius 1 is 1.13 bits per heavy atom. The minimum atomic E-state index is -0.233. The number of thiophene rings is 1. The molecule has 0 amide bonds. The van der Waals surface area contributed by atoms with Crippen LogP contribution in [0.5, 0.6) is 5.75 Å². The van der Waals surface area contributed by atoms with Crippen molar-refractivity contribution in [1.29, 1.82) is 0 Å². The third-order valence-electron chi connectivity index (χ3n) is 5.09. The van der Waals surface area contributed by atoms with Crippen LogP contribution < -0.4 is 10.1 Å². The SMILES string of the molecule is COc1ccc(-c2csc3ncnc(NCC(c4cccc(F)c4)N(C)C)c23)cc1. The van der Waals surface area contributed by atoms with Crippen LogP contribution in [-0.2, 0) is 0 Å². The number of methoxy groups -OCH3 is 1. The number of anilines is 1. The summed E-state index contributed by atoms with van der Waals surface area (Å²) in [7, 11) is 5.63. The maximum Gasteiger partial charge on any atom is 0.138 e. The number of ether oxygens (including phenoxy) is 1. The lowest BCUT2D eigenvalue weighted by Crippen LogP contribution is -2.27. The van der Waals surface area contributed by atoms with Crippen molar-refractivity contribution in [2.75, 3.05) is 33.1 Å². The predicted molar refractivity (Wildman–Crippen MR) is 121 cm³/mol. The molecule has 0 bridgehead atoms. The van der Waals surface area contributed by atoms with Crippen LogP contribution in [0.3, 0.4) is 0 Å². The predicted octanol–water partition coefficient (Wildman–Crippen LogP) is 5.22. The number of fused-ring (bicyclic) bond motifs is 1. The van der Waals surface area contributed by atoms with Crippen molar-refractivity contribution in [3.05, 3.63) is 71.6 Å². The summed E-state index contributed by atoms with van der Waals surface area (Å²) in [5.41, 5.74) is 3.07. The van der Waals surface area contributed by atoms with Gasteiger partial charge in [0.25, 0.3) is 0 Å². The Kier molecular flexibility index (Phi) is 5.92. The molecule has 2 aromatic heterocycles. The number of likely N-dealkylation sites (N-methyl/N-ethyl adjacent to an activating group) is 1. The summed E-state index contributed by atoms with van der Waals surface area (Å²) in [5.74, 6) is 1.36. The first-order valence-electron chi connectivity index (χ1n) is 9.59. The third kappa shape index (κ3) is 4.13. The van der Waals surface area contributed by atoms with Gasteiger partial charge in [0.15, 0.2) is 0 Å². The van der Waals surface area contributed by atoms with Gasteiger partial charge < -0.3 is 15.0 Å². The fourth-order valence-electron chi connectivity index (χ4n) is 3.50. The Bertz CT molecular complexity index is 1140. The molecule has 0 saturated carbocycles. The molecule has 1 unspecified atom stereocenters. The van der Waals surface area contributed by atoms with Crippen molar-refractivity contribution >= 4 is 27.4 Å². The summed E-state index contributed by atoms with van der Waals surface area (Å²) in [6.45, 7) is 0.584. The van der Waals surface area contributed by atoms with E-state index in [1.54, 1.807) is 36.9 Å². The minimum Gasteiger partial charge on any atom is -0.497 e. The van der Waals surface area contributed by atoms with Gasteiger partial charge in [-0.15, -0.1) is 11.3 Å². The van der Waals surface area contributed by atoms with E-state index >= 15 is 0 Å². The zero-order valence-electron chi connectivity index (χ0n) is 17.1. The Hall–Kier alpha value is -3.03. The smallest absolute Gasteiger partial charge is 0.138 e. The lowest BCUT2D eigenvalue weighted by Gasteiger charge is -2.25. The molecule has 0 spiro atoms. The molecule has 1 N–H and O–H groups in total. The molecule has 4 aromatic rings. The van der Waals surface area contributed by atoms with Gasteiger partial charge in [0.2, 0.25) is 0 Å². The van der Waals surface area contributed by atoms with E-state index < -0.39 is 0 Å². The number of hydrogen-bond acceptors (Lipinski definition) is 6. The van der Waals surface area contributed by atoms with Crippen molar-refractivity contribution < 1.29 is 9.13 Å². The summed E-state index contributed by atoms with van der Waals surface area (Å²) < 4.78 is 19.0. The fraction of sp³-hybridized carbons (Fsp3) is 0.217. The van der Waals surface area contributed by atoms with Crippen LogP contribution in [-0.4, -0.2) is 42.6 Å². The molecule has 0 saturated heterocycles. The number of nitrogens with one attached hydrogen (secondary N) is 1. The first kappa shape index (κ1) is 20.3. The topological polar surface area (TPSA) is 50.3 Å². The van der Waals surface area contributed by atoms with Gasteiger partial charge >= 0.3 is 0 Å². The zero-order valence-corrected chi connectivity index (χ0v) is 17.9. The molecular weight excluding hydrogens is 399 g/mol. The molecule has 0 fully saturated rings. The van der Waals surface area contributed by atoms with Crippen LogP contribution in [0.2, 0.25) is 0 Å². The molecule has 0 aliphatic heterocycles. The Morgan fingerprint density at radius 2 is 1.93 bits per heavy atom. The van der Waals surface area contributed by atoms with Crippen molar-refractivity contribution in [2.24, 2.45) is 0 Å². The highest BCUT2D eigenvalue weighted by molar-refractivity contribution is 7.17. The van der Waals surface area contributed by atoms with E-state index in [2.05, 4.69) is 25.6 Å². The maximum atomic E-state index is 13.7. The number of halogens is 1. The molecule has 0 aliphatic carbocycles. The zero-order chi connectivity index (χ0) is 21.1. The highest BCUT2D eigenvalue weighted by Gasteiger charge is 2.18. The van der Waals surface area contributed by atoms with Crippen LogP contribution in [0.4, 0.5) is 10.2 Å². The maximum absolute atomic E-state index is 13.7. The van der Waals surface area contributed by atoms with Crippen LogP contribution >= 0.6 is 11.3 Å². The standard InChI is InChI=1S/C23H23FN4OS/c1-28(2)20(16-5-4-6-17(24)11-16)12-25-22-21-19(13-30-23(21)27-14-26-22)15-7-9-18(29-3)10-8-15/h4-11,13-14,20H,12H2,1-3H3,(H,25,26,27). The summed E-state index contributed by atoms with van der Waals surface area (Å²) in [6.07, 6.45) is 1.58. The number of aromatic nitrogens is 2. The third-order valence-corrected chi connectivity index (χ3v) is 5.98. The van der Waals surface area contributed by atoms with Gasteiger partial charge in [-0.2, -0.15) is 0 Å². The largest absolute Gasteiger partial charge is 0.497 e. The molecule has 7 heteroatoms. The second kappa shape index (κ2) is 8.77. The Balaban J connectivity index is 1.66. The van der Waals surface area contributed by atoms with E-state index in [4.69, 9.17) is 4.74 Å². The molecule has 0 radical (unpaired) electrons. The van der Waals surface area contributed by atoms with Gasteiger partial charge in [-0.3, -0.25) is 0 Å². The molecule has 1 atom stereocenters. The first-order chi connectivity index (χ1) is 14.6.